The topological polar surface area (TPSA) is 121 Å². The van der Waals surface area contributed by atoms with Crippen molar-refractivity contribution in [1.29, 1.82) is 0 Å². The lowest BCUT2D eigenvalue weighted by atomic mass is 9.75. The van der Waals surface area contributed by atoms with Crippen LogP contribution in [0.3, 0.4) is 0 Å². The number of imide groups is 1. The molecule has 134 valence electrons. The number of pyridine rings is 1. The maximum Gasteiger partial charge on any atom is 0.325 e. The minimum Gasteiger partial charge on any atom is -0.495 e. The van der Waals surface area contributed by atoms with Crippen LogP contribution in [-0.4, -0.2) is 59.1 Å². The quantitative estimate of drug-likeness (QED) is 0.600. The van der Waals surface area contributed by atoms with Crippen molar-refractivity contribution in [2.45, 2.75) is 25.0 Å². The van der Waals surface area contributed by atoms with E-state index in [9.17, 15) is 19.5 Å². The lowest BCUT2D eigenvalue weighted by Gasteiger charge is -2.38. The smallest absolute Gasteiger partial charge is 0.325 e. The SMILES string of the molecule is COc1cncc(C(NC(=O)CN2CC(=O)NC2=O)C2CC(O)C2)c1. The molecule has 1 aliphatic heterocycles. The van der Waals surface area contributed by atoms with E-state index in [2.05, 4.69) is 15.6 Å². The van der Waals surface area contributed by atoms with Gasteiger partial charge in [0.05, 0.1) is 25.5 Å². The molecule has 3 N–H and O–H groups in total. The van der Waals surface area contributed by atoms with Gasteiger partial charge in [0.15, 0.2) is 0 Å². The second kappa shape index (κ2) is 7.06. The fourth-order valence-electron chi connectivity index (χ4n) is 3.10. The van der Waals surface area contributed by atoms with Crippen molar-refractivity contribution in [3.63, 3.8) is 0 Å². The number of carbonyl (C=O) groups excluding carboxylic acids is 3. The van der Waals surface area contributed by atoms with E-state index >= 15 is 0 Å². The molecule has 2 fully saturated rings. The van der Waals surface area contributed by atoms with Crippen LogP contribution in [0.2, 0.25) is 0 Å². The lowest BCUT2D eigenvalue weighted by molar-refractivity contribution is -0.123. The third kappa shape index (κ3) is 3.87. The second-order valence-electron chi connectivity index (χ2n) is 6.30. The van der Waals surface area contributed by atoms with Gasteiger partial charge in [0.25, 0.3) is 0 Å². The second-order valence-corrected chi connectivity index (χ2v) is 6.30. The molecule has 1 unspecified atom stereocenters. The molecule has 1 saturated carbocycles. The van der Waals surface area contributed by atoms with Crippen LogP contribution < -0.4 is 15.4 Å². The van der Waals surface area contributed by atoms with Crippen molar-refractivity contribution >= 4 is 17.8 Å². The Labute approximate surface area is 144 Å². The van der Waals surface area contributed by atoms with Gasteiger partial charge in [0.1, 0.15) is 18.8 Å². The normalized spacial score (nSPS) is 23.7. The first kappa shape index (κ1) is 17.2. The van der Waals surface area contributed by atoms with Crippen LogP contribution in [-0.2, 0) is 9.59 Å². The molecule has 2 aliphatic rings. The molecule has 1 aromatic rings. The average Bonchev–Trinajstić information content (AvgIpc) is 2.87. The molecule has 1 atom stereocenters. The van der Waals surface area contributed by atoms with E-state index < -0.39 is 11.9 Å². The van der Waals surface area contributed by atoms with Crippen molar-refractivity contribution in [1.82, 2.24) is 20.5 Å². The Balaban J connectivity index is 1.70. The standard InChI is InChI=1S/C16H20N4O5/c1-25-12-4-10(5-17-6-12)15(9-2-11(21)3-9)18-13(22)7-20-8-14(23)19-16(20)24/h4-6,9,11,15,21H,2-3,7-8H2,1H3,(H,18,22)(H,19,23,24). The van der Waals surface area contributed by atoms with Gasteiger partial charge in [0, 0.05) is 6.20 Å². The Bertz CT molecular complexity index is 689. The minimum atomic E-state index is -0.571. The van der Waals surface area contributed by atoms with Crippen LogP contribution in [0, 0.1) is 5.92 Å². The molecule has 1 saturated heterocycles. The van der Waals surface area contributed by atoms with E-state index in [1.54, 1.807) is 18.5 Å². The molecule has 25 heavy (non-hydrogen) atoms. The van der Waals surface area contributed by atoms with Gasteiger partial charge >= 0.3 is 6.03 Å². The van der Waals surface area contributed by atoms with E-state index in [0.717, 1.165) is 10.5 Å². The third-order valence-corrected chi connectivity index (χ3v) is 4.47. The van der Waals surface area contributed by atoms with Crippen LogP contribution in [0.1, 0.15) is 24.4 Å². The fraction of sp³-hybridized carbons (Fsp3) is 0.500. The maximum absolute atomic E-state index is 12.4. The summed E-state index contributed by atoms with van der Waals surface area (Å²) in [6.45, 7) is -0.333. The van der Waals surface area contributed by atoms with Crippen molar-refractivity contribution in [3.05, 3.63) is 24.0 Å². The molecule has 3 rings (SSSR count). The highest BCUT2D eigenvalue weighted by Crippen LogP contribution is 2.38. The summed E-state index contributed by atoms with van der Waals surface area (Å²) in [5.41, 5.74) is 0.770. The Morgan fingerprint density at radius 2 is 2.24 bits per heavy atom. The molecule has 1 aliphatic carbocycles. The number of methoxy groups -OCH3 is 1. The predicted octanol–water partition coefficient (Wildman–Crippen LogP) is -0.430. The summed E-state index contributed by atoms with van der Waals surface area (Å²) in [7, 11) is 1.53. The highest BCUT2D eigenvalue weighted by Gasteiger charge is 2.37. The Hall–Kier alpha value is -2.68. The van der Waals surface area contributed by atoms with Gasteiger partial charge in [-0.15, -0.1) is 0 Å². The number of nitrogens with one attached hydrogen (secondary N) is 2. The first-order valence-electron chi connectivity index (χ1n) is 8.01. The van der Waals surface area contributed by atoms with E-state index in [-0.39, 0.29) is 37.1 Å². The van der Waals surface area contributed by atoms with Gasteiger partial charge in [-0.2, -0.15) is 0 Å². The van der Waals surface area contributed by atoms with Crippen LogP contribution >= 0.6 is 0 Å². The highest BCUT2D eigenvalue weighted by atomic mass is 16.5. The van der Waals surface area contributed by atoms with E-state index in [0.29, 0.717) is 18.6 Å². The van der Waals surface area contributed by atoms with Crippen LogP contribution in [0.5, 0.6) is 5.75 Å². The highest BCUT2D eigenvalue weighted by molar-refractivity contribution is 6.03. The van der Waals surface area contributed by atoms with E-state index in [4.69, 9.17) is 4.74 Å². The summed E-state index contributed by atoms with van der Waals surface area (Å²) < 4.78 is 5.17. The van der Waals surface area contributed by atoms with Gasteiger partial charge in [-0.3, -0.25) is 19.9 Å². The number of aromatic nitrogens is 1. The average molecular weight is 348 g/mol. The van der Waals surface area contributed by atoms with E-state index in [1.165, 1.54) is 7.11 Å². The van der Waals surface area contributed by atoms with Gasteiger partial charge in [-0.05, 0) is 30.4 Å². The molecular formula is C16H20N4O5. The van der Waals surface area contributed by atoms with E-state index in [1.807, 2.05) is 0 Å². The number of aliphatic hydroxyl groups excluding tert-OH is 1. The number of urea groups is 1. The largest absolute Gasteiger partial charge is 0.495 e. The van der Waals surface area contributed by atoms with Gasteiger partial charge in [-0.1, -0.05) is 0 Å². The number of nitrogens with zero attached hydrogens (tertiary/aromatic N) is 2. The van der Waals surface area contributed by atoms with Crippen molar-refractivity contribution in [2.75, 3.05) is 20.2 Å². The molecule has 0 spiro atoms. The van der Waals surface area contributed by atoms with Gasteiger partial charge < -0.3 is 20.1 Å². The van der Waals surface area contributed by atoms with Crippen LogP contribution in [0.15, 0.2) is 18.5 Å². The van der Waals surface area contributed by atoms with Crippen molar-refractivity contribution in [2.24, 2.45) is 5.92 Å². The summed E-state index contributed by atoms with van der Waals surface area (Å²) >= 11 is 0. The summed E-state index contributed by atoms with van der Waals surface area (Å²) in [5, 5.41) is 14.6. The first-order valence-corrected chi connectivity index (χ1v) is 8.01. The fourth-order valence-corrected chi connectivity index (χ4v) is 3.10. The third-order valence-electron chi connectivity index (χ3n) is 4.47. The number of hydrogen-bond donors (Lipinski definition) is 3. The first-order chi connectivity index (χ1) is 12.0. The minimum absolute atomic E-state index is 0.0712. The molecule has 9 heteroatoms. The summed E-state index contributed by atoms with van der Waals surface area (Å²) in [5.74, 6) is -0.157. The zero-order valence-corrected chi connectivity index (χ0v) is 13.8. The summed E-state index contributed by atoms with van der Waals surface area (Å²) in [4.78, 5) is 40.4. The predicted molar refractivity (Wildman–Crippen MR) is 85.5 cm³/mol. The van der Waals surface area contributed by atoms with Crippen molar-refractivity contribution in [3.8, 4) is 5.75 Å². The molecule has 0 radical (unpaired) electrons. The number of rotatable bonds is 6. The summed E-state index contributed by atoms with van der Waals surface area (Å²) in [6, 6.07) is 0.869. The molecule has 4 amide bonds. The number of hydrogen-bond acceptors (Lipinski definition) is 6. The Morgan fingerprint density at radius 3 is 2.84 bits per heavy atom. The van der Waals surface area contributed by atoms with Crippen LogP contribution in [0.4, 0.5) is 4.79 Å². The molecular weight excluding hydrogens is 328 g/mol. The lowest BCUT2D eigenvalue weighted by Crippen LogP contribution is -2.45. The van der Waals surface area contributed by atoms with Crippen molar-refractivity contribution < 1.29 is 24.2 Å². The molecule has 0 aromatic carbocycles. The summed E-state index contributed by atoms with van der Waals surface area (Å²) in [6.07, 6.45) is 3.99. The monoisotopic (exact) mass is 348 g/mol. The zero-order chi connectivity index (χ0) is 18.0. The molecule has 1 aromatic heterocycles. The molecule has 0 bridgehead atoms. The Morgan fingerprint density at radius 1 is 1.48 bits per heavy atom. The van der Waals surface area contributed by atoms with Crippen LogP contribution in [0.25, 0.3) is 0 Å². The number of aliphatic hydroxyl groups is 1. The van der Waals surface area contributed by atoms with Gasteiger partial charge in [-0.25, -0.2) is 4.79 Å². The maximum atomic E-state index is 12.4. The molecule has 2 heterocycles. The Kier molecular flexibility index (Phi) is 4.84. The zero-order valence-electron chi connectivity index (χ0n) is 13.8. The number of ether oxygens (including phenoxy) is 1. The number of amides is 4. The van der Waals surface area contributed by atoms with Gasteiger partial charge in [0.2, 0.25) is 11.8 Å². The number of carbonyl (C=O) groups is 3. The molecule has 9 nitrogen and oxygen atoms in total.